The van der Waals surface area contributed by atoms with Gasteiger partial charge in [0.1, 0.15) is 0 Å². The minimum Gasteiger partial charge on any atom is -0.395 e. The molecule has 2 N–H and O–H groups in total. The summed E-state index contributed by atoms with van der Waals surface area (Å²) in [7, 11) is 0. The maximum Gasteiger partial charge on any atom is 0.0599 e. The Kier molecular flexibility index (Phi) is 5.66. The van der Waals surface area contributed by atoms with Crippen molar-refractivity contribution in [1.29, 1.82) is 0 Å². The van der Waals surface area contributed by atoms with E-state index >= 15 is 0 Å². The summed E-state index contributed by atoms with van der Waals surface area (Å²) in [6, 6.07) is 8.52. The molecule has 1 aliphatic carbocycles. The molecule has 3 rings (SSSR count). The molecule has 1 saturated heterocycles. The maximum absolute atomic E-state index is 9.68. The van der Waals surface area contributed by atoms with Crippen molar-refractivity contribution >= 4 is 17.2 Å². The monoisotopic (exact) mass is 348 g/mol. The zero-order valence-corrected chi connectivity index (χ0v) is 15.6. The molecule has 0 saturated carbocycles. The molecular weight excluding hydrogens is 320 g/mol. The summed E-state index contributed by atoms with van der Waals surface area (Å²) in [4.78, 5) is 2.44. The molecule has 2 aliphatic rings. The van der Waals surface area contributed by atoms with Gasteiger partial charge in [0, 0.05) is 37.2 Å². The predicted octanol–water partition coefficient (Wildman–Crippen LogP) is 3.57. The third kappa shape index (κ3) is 4.20. The Bertz CT molecular complexity index is 594. The van der Waals surface area contributed by atoms with Crippen LogP contribution in [0.4, 0.5) is 0 Å². The zero-order chi connectivity index (χ0) is 17.2. The van der Waals surface area contributed by atoms with E-state index in [1.165, 1.54) is 23.1 Å². The van der Waals surface area contributed by atoms with Gasteiger partial charge in [-0.2, -0.15) is 0 Å². The quantitative estimate of drug-likeness (QED) is 0.873. The van der Waals surface area contributed by atoms with Gasteiger partial charge in [-0.3, -0.25) is 4.90 Å². The lowest BCUT2D eigenvalue weighted by Crippen LogP contribution is -2.53. The van der Waals surface area contributed by atoms with Crippen LogP contribution in [0.5, 0.6) is 0 Å². The fourth-order valence-corrected chi connectivity index (χ4v) is 4.03. The third-order valence-corrected chi connectivity index (χ3v) is 5.71. The Labute approximate surface area is 150 Å². The topological polar surface area (TPSA) is 35.5 Å². The van der Waals surface area contributed by atoms with Gasteiger partial charge < -0.3 is 10.4 Å². The number of benzene rings is 1. The van der Waals surface area contributed by atoms with E-state index in [0.717, 1.165) is 44.0 Å². The van der Waals surface area contributed by atoms with Gasteiger partial charge in [0.2, 0.25) is 0 Å². The molecule has 1 fully saturated rings. The third-order valence-electron chi connectivity index (χ3n) is 5.46. The first-order valence-corrected chi connectivity index (χ1v) is 9.39. The second kappa shape index (κ2) is 7.57. The summed E-state index contributed by atoms with van der Waals surface area (Å²) in [5, 5.41) is 13.8. The second-order valence-corrected chi connectivity index (χ2v) is 8.38. The molecule has 1 aliphatic heterocycles. The van der Waals surface area contributed by atoms with Gasteiger partial charge in [0.05, 0.1) is 6.61 Å². The lowest BCUT2D eigenvalue weighted by Gasteiger charge is -2.39. The minimum absolute atomic E-state index is 0.224. The average Bonchev–Trinajstić information content (AvgIpc) is 2.57. The molecule has 4 heteroatoms. The lowest BCUT2D eigenvalue weighted by molar-refractivity contribution is 0.107. The predicted molar refractivity (Wildman–Crippen MR) is 101 cm³/mol. The van der Waals surface area contributed by atoms with Crippen LogP contribution in [0.2, 0.25) is 5.02 Å². The van der Waals surface area contributed by atoms with Gasteiger partial charge in [-0.1, -0.05) is 43.2 Å². The summed E-state index contributed by atoms with van der Waals surface area (Å²) in [5.74, 6) is 0. The molecule has 0 aromatic heterocycles. The van der Waals surface area contributed by atoms with Gasteiger partial charge in [-0.15, -0.1) is 0 Å². The molecule has 0 radical (unpaired) electrons. The van der Waals surface area contributed by atoms with Crippen molar-refractivity contribution in [2.24, 2.45) is 5.41 Å². The van der Waals surface area contributed by atoms with Crippen molar-refractivity contribution in [1.82, 2.24) is 10.2 Å². The summed E-state index contributed by atoms with van der Waals surface area (Å²) in [6.45, 7) is 8.81. The highest BCUT2D eigenvalue weighted by Gasteiger charge is 2.30. The number of piperazine rings is 1. The molecule has 3 nitrogen and oxygen atoms in total. The highest BCUT2D eigenvalue weighted by molar-refractivity contribution is 6.30. The van der Waals surface area contributed by atoms with Crippen LogP contribution in [-0.4, -0.2) is 48.8 Å². The van der Waals surface area contributed by atoms with E-state index in [0.29, 0.717) is 5.41 Å². The fraction of sp³-hybridized carbons (Fsp3) is 0.600. The molecule has 0 spiro atoms. The minimum atomic E-state index is 0.224. The fourth-order valence-electron chi connectivity index (χ4n) is 3.90. The Morgan fingerprint density at radius 2 is 2.04 bits per heavy atom. The normalized spacial score (nSPS) is 25.1. The first kappa shape index (κ1) is 17.9. The van der Waals surface area contributed by atoms with Gasteiger partial charge in [0.15, 0.2) is 0 Å². The lowest BCUT2D eigenvalue weighted by atomic mass is 9.72. The summed E-state index contributed by atoms with van der Waals surface area (Å²) < 4.78 is 0. The number of hydrogen-bond donors (Lipinski definition) is 2. The van der Waals surface area contributed by atoms with Crippen molar-refractivity contribution in [3.8, 4) is 0 Å². The number of allylic oxidation sites excluding steroid dienone is 1. The molecule has 1 atom stereocenters. The van der Waals surface area contributed by atoms with Crippen LogP contribution < -0.4 is 5.32 Å². The first-order valence-electron chi connectivity index (χ1n) is 9.01. The molecule has 0 bridgehead atoms. The molecule has 132 valence electrons. The molecule has 1 aromatic carbocycles. The number of rotatable bonds is 4. The van der Waals surface area contributed by atoms with Crippen LogP contribution in [0.25, 0.3) is 5.57 Å². The van der Waals surface area contributed by atoms with Gasteiger partial charge in [0.25, 0.3) is 0 Å². The maximum atomic E-state index is 9.68. The van der Waals surface area contributed by atoms with Crippen molar-refractivity contribution < 1.29 is 5.11 Å². The Morgan fingerprint density at radius 3 is 2.75 bits per heavy atom. The van der Waals surface area contributed by atoms with E-state index < -0.39 is 0 Å². The van der Waals surface area contributed by atoms with Crippen LogP contribution in [0, 0.1) is 5.41 Å². The first-order chi connectivity index (χ1) is 11.5. The summed E-state index contributed by atoms with van der Waals surface area (Å²) >= 11 is 6.08. The van der Waals surface area contributed by atoms with E-state index in [1.54, 1.807) is 0 Å². The van der Waals surface area contributed by atoms with Crippen LogP contribution in [0.15, 0.2) is 29.8 Å². The van der Waals surface area contributed by atoms with E-state index in [-0.39, 0.29) is 12.6 Å². The molecule has 0 amide bonds. The Balaban J connectivity index is 1.89. The average molecular weight is 349 g/mol. The summed E-state index contributed by atoms with van der Waals surface area (Å²) in [5.41, 5.74) is 4.67. The highest BCUT2D eigenvalue weighted by atomic mass is 35.5. The van der Waals surface area contributed by atoms with Gasteiger partial charge >= 0.3 is 0 Å². The van der Waals surface area contributed by atoms with Crippen molar-refractivity contribution in [3.63, 3.8) is 0 Å². The highest BCUT2D eigenvalue weighted by Crippen LogP contribution is 2.43. The van der Waals surface area contributed by atoms with Crippen LogP contribution >= 0.6 is 11.6 Å². The van der Waals surface area contributed by atoms with E-state index in [9.17, 15) is 5.11 Å². The number of nitrogens with one attached hydrogen (secondary N) is 1. The Hall–Kier alpha value is -0.870. The number of aliphatic hydroxyl groups excluding tert-OH is 1. The molecule has 1 heterocycles. The molecular formula is C20H29ClN2O. The van der Waals surface area contributed by atoms with Gasteiger partial charge in [-0.25, -0.2) is 0 Å². The van der Waals surface area contributed by atoms with E-state index in [4.69, 9.17) is 11.6 Å². The molecule has 24 heavy (non-hydrogen) atoms. The van der Waals surface area contributed by atoms with E-state index in [2.05, 4.69) is 36.2 Å². The van der Waals surface area contributed by atoms with Crippen LogP contribution in [0.3, 0.4) is 0 Å². The standard InChI is InChI=1S/C20H29ClN2O/c1-20(2)8-7-16(13-23-10-9-22-12-18(23)14-24)19(11-20)15-3-5-17(21)6-4-15/h3-6,18,22,24H,7-14H2,1-2H3. The number of hydrogen-bond acceptors (Lipinski definition) is 3. The van der Waals surface area contributed by atoms with Crippen molar-refractivity contribution in [2.75, 3.05) is 32.8 Å². The molecule has 1 unspecified atom stereocenters. The number of nitrogens with zero attached hydrogens (tertiary/aromatic N) is 1. The zero-order valence-electron chi connectivity index (χ0n) is 14.8. The number of halogens is 1. The SMILES string of the molecule is CC1(C)CCC(CN2CCNCC2CO)=C(c2ccc(Cl)cc2)C1. The van der Waals surface area contributed by atoms with Crippen LogP contribution in [0.1, 0.15) is 38.7 Å². The summed E-state index contributed by atoms with van der Waals surface area (Å²) in [6.07, 6.45) is 3.49. The van der Waals surface area contributed by atoms with Gasteiger partial charge in [-0.05, 0) is 47.9 Å². The van der Waals surface area contributed by atoms with Crippen molar-refractivity contribution in [2.45, 2.75) is 39.2 Å². The second-order valence-electron chi connectivity index (χ2n) is 7.94. The number of aliphatic hydroxyl groups is 1. The Morgan fingerprint density at radius 1 is 1.29 bits per heavy atom. The molecule has 1 aromatic rings. The largest absolute Gasteiger partial charge is 0.395 e. The smallest absolute Gasteiger partial charge is 0.0599 e. The van der Waals surface area contributed by atoms with Crippen LogP contribution in [-0.2, 0) is 0 Å². The van der Waals surface area contributed by atoms with Crippen molar-refractivity contribution in [3.05, 3.63) is 40.4 Å². The van der Waals surface area contributed by atoms with E-state index in [1.807, 2.05) is 12.1 Å².